The molecule has 1 fully saturated rings. The molecule has 1 aliphatic rings. The molecule has 132 valence electrons. The minimum Gasteiger partial charge on any atom is -0.399 e. The molecule has 1 aromatic heterocycles. The largest absolute Gasteiger partial charge is 0.399 e. The number of carbonyl (C=O) groups is 1. The van der Waals surface area contributed by atoms with Crippen LogP contribution in [0.3, 0.4) is 0 Å². The summed E-state index contributed by atoms with van der Waals surface area (Å²) >= 11 is 0. The molecule has 4 N–H and O–H groups in total. The van der Waals surface area contributed by atoms with Gasteiger partial charge in [-0.2, -0.15) is 0 Å². The summed E-state index contributed by atoms with van der Waals surface area (Å²) in [4.78, 5) is 29.2. The number of nitrogens with two attached hydrogens (primary N) is 1. The highest BCUT2D eigenvalue weighted by molar-refractivity contribution is 6.01. The first kappa shape index (κ1) is 16.4. The van der Waals surface area contributed by atoms with E-state index in [0.717, 1.165) is 29.7 Å². The third kappa shape index (κ3) is 3.19. The number of rotatable bonds is 3. The van der Waals surface area contributed by atoms with Crippen LogP contribution in [-0.2, 0) is 0 Å². The van der Waals surface area contributed by atoms with Crippen LogP contribution in [0.25, 0.3) is 10.9 Å². The lowest BCUT2D eigenvalue weighted by Gasteiger charge is -2.34. The van der Waals surface area contributed by atoms with E-state index < -0.39 is 0 Å². The molecule has 4 rings (SSSR count). The highest BCUT2D eigenvalue weighted by Gasteiger charge is 2.26. The van der Waals surface area contributed by atoms with Crippen molar-refractivity contribution in [1.82, 2.24) is 10.3 Å². The second-order valence-electron chi connectivity index (χ2n) is 6.53. The summed E-state index contributed by atoms with van der Waals surface area (Å²) in [7, 11) is 0. The Balaban J connectivity index is 1.56. The average Bonchev–Trinajstić information content (AvgIpc) is 2.68. The predicted octanol–water partition coefficient (Wildman–Crippen LogP) is 1.77. The molecule has 1 aliphatic heterocycles. The number of nitrogens with one attached hydrogen (secondary N) is 2. The number of ketones is 1. The summed E-state index contributed by atoms with van der Waals surface area (Å²) in [5.74, 6) is 0.0693. The standard InChI is InChI=1S/C20H20N4O2/c21-15-4-1-13(2-5-15)20(26)18-12-24(10-9-22-18)16-6-7-17-14(11-16)3-8-19(25)23-17/h1-8,11,18,22H,9-10,12,21H2,(H,23,25). The van der Waals surface area contributed by atoms with Gasteiger partial charge in [-0.15, -0.1) is 0 Å². The quantitative estimate of drug-likeness (QED) is 0.496. The molecule has 26 heavy (non-hydrogen) atoms. The molecule has 6 nitrogen and oxygen atoms in total. The summed E-state index contributed by atoms with van der Waals surface area (Å²) in [6, 6.07) is 16.0. The van der Waals surface area contributed by atoms with Crippen LogP contribution in [0.2, 0.25) is 0 Å². The van der Waals surface area contributed by atoms with E-state index in [0.29, 0.717) is 17.8 Å². The number of anilines is 2. The minimum atomic E-state index is -0.265. The molecule has 0 aliphatic carbocycles. The molecule has 2 heterocycles. The van der Waals surface area contributed by atoms with E-state index >= 15 is 0 Å². The number of nitrogen functional groups attached to an aromatic ring is 1. The molecule has 2 aromatic carbocycles. The first-order valence-electron chi connectivity index (χ1n) is 8.61. The summed E-state index contributed by atoms with van der Waals surface area (Å²) in [6.45, 7) is 2.15. The fraction of sp³-hybridized carbons (Fsp3) is 0.200. The number of aromatic amines is 1. The Bertz CT molecular complexity index is 1010. The molecular weight excluding hydrogens is 328 g/mol. The van der Waals surface area contributed by atoms with Crippen molar-refractivity contribution in [3.63, 3.8) is 0 Å². The van der Waals surface area contributed by atoms with Crippen LogP contribution in [0, 0.1) is 0 Å². The van der Waals surface area contributed by atoms with Gasteiger partial charge in [-0.25, -0.2) is 0 Å². The Morgan fingerprint density at radius 3 is 2.69 bits per heavy atom. The van der Waals surface area contributed by atoms with E-state index in [2.05, 4.69) is 15.2 Å². The third-order valence-corrected chi connectivity index (χ3v) is 4.76. The Labute approximate surface area is 150 Å². The zero-order valence-electron chi connectivity index (χ0n) is 14.2. The van der Waals surface area contributed by atoms with Crippen molar-refractivity contribution in [3.05, 3.63) is 70.5 Å². The minimum absolute atomic E-state index is 0.0693. The van der Waals surface area contributed by atoms with Gasteiger partial charge in [-0.05, 0) is 48.5 Å². The highest BCUT2D eigenvalue weighted by atomic mass is 16.1. The van der Waals surface area contributed by atoms with Gasteiger partial charge in [0.05, 0.1) is 6.04 Å². The molecule has 0 spiro atoms. The van der Waals surface area contributed by atoms with Crippen LogP contribution in [0.15, 0.2) is 59.4 Å². The van der Waals surface area contributed by atoms with Crippen molar-refractivity contribution in [2.24, 2.45) is 0 Å². The van der Waals surface area contributed by atoms with Crippen molar-refractivity contribution < 1.29 is 4.79 Å². The van der Waals surface area contributed by atoms with Crippen molar-refractivity contribution >= 4 is 28.1 Å². The highest BCUT2D eigenvalue weighted by Crippen LogP contribution is 2.22. The number of hydrogen-bond acceptors (Lipinski definition) is 5. The maximum atomic E-state index is 12.8. The lowest BCUT2D eigenvalue weighted by molar-refractivity contribution is 0.0940. The van der Waals surface area contributed by atoms with Gasteiger partial charge in [-0.1, -0.05) is 0 Å². The van der Waals surface area contributed by atoms with Gasteiger partial charge >= 0.3 is 0 Å². The normalized spacial score (nSPS) is 17.4. The molecule has 1 atom stereocenters. The molecule has 1 unspecified atom stereocenters. The zero-order valence-corrected chi connectivity index (χ0v) is 14.2. The van der Waals surface area contributed by atoms with E-state index in [-0.39, 0.29) is 17.4 Å². The third-order valence-electron chi connectivity index (χ3n) is 4.76. The monoisotopic (exact) mass is 348 g/mol. The fourth-order valence-electron chi connectivity index (χ4n) is 3.35. The fourth-order valence-corrected chi connectivity index (χ4v) is 3.35. The summed E-state index contributed by atoms with van der Waals surface area (Å²) in [5.41, 5.74) is 8.75. The molecule has 6 heteroatoms. The first-order chi connectivity index (χ1) is 12.6. The molecule has 3 aromatic rings. The number of benzene rings is 2. The number of piperazine rings is 1. The van der Waals surface area contributed by atoms with Gasteiger partial charge in [0.15, 0.2) is 5.78 Å². The van der Waals surface area contributed by atoms with Crippen molar-refractivity contribution in [1.29, 1.82) is 0 Å². The van der Waals surface area contributed by atoms with Crippen molar-refractivity contribution in [2.75, 3.05) is 30.3 Å². The first-order valence-corrected chi connectivity index (χ1v) is 8.61. The SMILES string of the molecule is Nc1ccc(C(=O)C2CN(c3ccc4[nH]c(=O)ccc4c3)CCN2)cc1. The molecule has 0 amide bonds. The smallest absolute Gasteiger partial charge is 0.248 e. The van der Waals surface area contributed by atoms with Crippen LogP contribution in [0.5, 0.6) is 0 Å². The van der Waals surface area contributed by atoms with Crippen LogP contribution in [-0.4, -0.2) is 36.4 Å². The number of aromatic nitrogens is 1. The van der Waals surface area contributed by atoms with Crippen molar-refractivity contribution in [3.8, 4) is 0 Å². The number of H-pyrrole nitrogens is 1. The molecular formula is C20H20N4O2. The summed E-state index contributed by atoms with van der Waals surface area (Å²) < 4.78 is 0. The Morgan fingerprint density at radius 2 is 1.88 bits per heavy atom. The Morgan fingerprint density at radius 1 is 1.08 bits per heavy atom. The lowest BCUT2D eigenvalue weighted by Crippen LogP contribution is -2.54. The molecule has 0 saturated carbocycles. The maximum absolute atomic E-state index is 12.8. The Hall–Kier alpha value is -3.12. The number of fused-ring (bicyclic) bond motifs is 1. The number of hydrogen-bond donors (Lipinski definition) is 3. The maximum Gasteiger partial charge on any atom is 0.248 e. The lowest BCUT2D eigenvalue weighted by atomic mass is 10.0. The second-order valence-corrected chi connectivity index (χ2v) is 6.53. The van der Waals surface area contributed by atoms with Crippen LogP contribution in [0.1, 0.15) is 10.4 Å². The summed E-state index contributed by atoms with van der Waals surface area (Å²) in [5, 5.41) is 4.28. The van der Waals surface area contributed by atoms with Gasteiger partial charge in [0, 0.05) is 53.5 Å². The second kappa shape index (κ2) is 6.65. The van der Waals surface area contributed by atoms with Gasteiger partial charge in [-0.3, -0.25) is 9.59 Å². The molecule has 0 bridgehead atoms. The number of nitrogens with zero attached hydrogens (tertiary/aromatic N) is 1. The molecule has 1 saturated heterocycles. The van der Waals surface area contributed by atoms with E-state index in [1.165, 1.54) is 6.07 Å². The number of pyridine rings is 1. The van der Waals surface area contributed by atoms with E-state index in [4.69, 9.17) is 5.73 Å². The summed E-state index contributed by atoms with van der Waals surface area (Å²) in [6.07, 6.45) is 0. The van der Waals surface area contributed by atoms with Crippen molar-refractivity contribution in [2.45, 2.75) is 6.04 Å². The number of Topliss-reactive ketones (excluding diaryl/α,β-unsaturated/α-hetero) is 1. The zero-order chi connectivity index (χ0) is 18.1. The van der Waals surface area contributed by atoms with Crippen LogP contribution < -0.4 is 21.5 Å². The number of carbonyl (C=O) groups excluding carboxylic acids is 1. The van der Waals surface area contributed by atoms with E-state index in [1.807, 2.05) is 24.3 Å². The van der Waals surface area contributed by atoms with Gasteiger partial charge < -0.3 is 20.9 Å². The average molecular weight is 348 g/mol. The predicted molar refractivity (Wildman–Crippen MR) is 104 cm³/mol. The van der Waals surface area contributed by atoms with Crippen LogP contribution in [0.4, 0.5) is 11.4 Å². The molecule has 0 radical (unpaired) electrons. The van der Waals surface area contributed by atoms with Gasteiger partial charge in [0.2, 0.25) is 5.56 Å². The van der Waals surface area contributed by atoms with E-state index in [1.54, 1.807) is 24.3 Å². The van der Waals surface area contributed by atoms with Gasteiger partial charge in [0.1, 0.15) is 0 Å². The van der Waals surface area contributed by atoms with Gasteiger partial charge in [0.25, 0.3) is 0 Å². The van der Waals surface area contributed by atoms with Crippen LogP contribution >= 0.6 is 0 Å². The topological polar surface area (TPSA) is 91.2 Å². The Kier molecular flexibility index (Phi) is 4.18. The van der Waals surface area contributed by atoms with E-state index in [9.17, 15) is 9.59 Å².